The SMILES string of the molecule is Cc1cc2c(cn1)C(=O)N1CCN(S(=O)(=O)c3cc(C)c(C#N)c(C)c3)CC21. The molecule has 1 aromatic carbocycles. The predicted molar refractivity (Wildman–Crippen MR) is 102 cm³/mol. The molecule has 1 amide bonds. The average molecular weight is 396 g/mol. The van der Waals surface area contributed by atoms with Crippen LogP contribution in [-0.2, 0) is 10.0 Å². The number of nitriles is 1. The van der Waals surface area contributed by atoms with E-state index in [1.807, 2.05) is 13.0 Å². The zero-order chi connectivity index (χ0) is 20.2. The van der Waals surface area contributed by atoms with E-state index < -0.39 is 10.0 Å². The minimum Gasteiger partial charge on any atom is -0.329 e. The summed E-state index contributed by atoms with van der Waals surface area (Å²) >= 11 is 0. The van der Waals surface area contributed by atoms with Gasteiger partial charge in [-0.05, 0) is 55.7 Å². The molecule has 1 aromatic heterocycles. The van der Waals surface area contributed by atoms with Crippen LogP contribution in [0.1, 0.15) is 44.3 Å². The van der Waals surface area contributed by atoms with Crippen LogP contribution in [0.5, 0.6) is 0 Å². The highest BCUT2D eigenvalue weighted by atomic mass is 32.2. The van der Waals surface area contributed by atoms with Crippen LogP contribution >= 0.6 is 0 Å². The molecule has 2 aliphatic heterocycles. The molecule has 2 aromatic rings. The number of fused-ring (bicyclic) bond motifs is 3. The van der Waals surface area contributed by atoms with Gasteiger partial charge in [0.15, 0.2) is 0 Å². The summed E-state index contributed by atoms with van der Waals surface area (Å²) in [5, 5.41) is 9.23. The Labute approximate surface area is 164 Å². The quantitative estimate of drug-likeness (QED) is 0.775. The Morgan fingerprint density at radius 2 is 1.82 bits per heavy atom. The van der Waals surface area contributed by atoms with Gasteiger partial charge in [-0.15, -0.1) is 0 Å². The summed E-state index contributed by atoms with van der Waals surface area (Å²) in [5.41, 5.74) is 3.98. The summed E-state index contributed by atoms with van der Waals surface area (Å²) in [6.07, 6.45) is 1.58. The van der Waals surface area contributed by atoms with Gasteiger partial charge in [0.1, 0.15) is 0 Å². The van der Waals surface area contributed by atoms with Crippen molar-refractivity contribution in [2.75, 3.05) is 19.6 Å². The molecule has 144 valence electrons. The van der Waals surface area contributed by atoms with Crippen LogP contribution in [0.3, 0.4) is 0 Å². The summed E-state index contributed by atoms with van der Waals surface area (Å²) in [4.78, 5) is 18.7. The van der Waals surface area contributed by atoms with Crippen LogP contribution in [0.2, 0.25) is 0 Å². The lowest BCUT2D eigenvalue weighted by Gasteiger charge is -2.37. The first-order valence-corrected chi connectivity index (χ1v) is 10.5. The third-order valence-corrected chi connectivity index (χ3v) is 7.36. The van der Waals surface area contributed by atoms with Crippen LogP contribution < -0.4 is 0 Å². The molecular formula is C20H20N4O3S. The van der Waals surface area contributed by atoms with E-state index in [2.05, 4.69) is 11.1 Å². The lowest BCUT2D eigenvalue weighted by molar-refractivity contribution is 0.0628. The predicted octanol–water partition coefficient (Wildman–Crippen LogP) is 2.08. The van der Waals surface area contributed by atoms with E-state index in [0.29, 0.717) is 28.8 Å². The Morgan fingerprint density at radius 1 is 1.14 bits per heavy atom. The maximum atomic E-state index is 13.3. The van der Waals surface area contributed by atoms with Gasteiger partial charge in [0, 0.05) is 31.5 Å². The number of aromatic nitrogens is 1. The topological polar surface area (TPSA) is 94.4 Å². The molecular weight excluding hydrogens is 376 g/mol. The lowest BCUT2D eigenvalue weighted by Crippen LogP contribution is -2.49. The second kappa shape index (κ2) is 6.40. The van der Waals surface area contributed by atoms with Crippen LogP contribution in [0.25, 0.3) is 0 Å². The number of hydrogen-bond donors (Lipinski definition) is 0. The zero-order valence-electron chi connectivity index (χ0n) is 15.9. The molecule has 0 aliphatic carbocycles. The third-order valence-electron chi connectivity index (χ3n) is 5.52. The second-order valence-electron chi connectivity index (χ2n) is 7.33. The first kappa shape index (κ1) is 18.6. The van der Waals surface area contributed by atoms with Crippen molar-refractivity contribution in [3.05, 3.63) is 57.9 Å². The summed E-state index contributed by atoms with van der Waals surface area (Å²) in [5.74, 6) is -0.0883. The van der Waals surface area contributed by atoms with E-state index in [1.165, 1.54) is 4.31 Å². The number of pyridine rings is 1. The van der Waals surface area contributed by atoms with Gasteiger partial charge in [0.25, 0.3) is 5.91 Å². The molecule has 28 heavy (non-hydrogen) atoms. The average Bonchev–Trinajstić information content (AvgIpc) is 2.93. The summed E-state index contributed by atoms with van der Waals surface area (Å²) in [6.45, 7) is 6.12. The summed E-state index contributed by atoms with van der Waals surface area (Å²) in [6, 6.07) is 6.78. The minimum atomic E-state index is -3.73. The van der Waals surface area contributed by atoms with E-state index in [4.69, 9.17) is 0 Å². The van der Waals surface area contributed by atoms with Gasteiger partial charge in [-0.25, -0.2) is 8.42 Å². The van der Waals surface area contributed by atoms with Crippen molar-refractivity contribution in [1.29, 1.82) is 5.26 Å². The Balaban J connectivity index is 1.70. The Morgan fingerprint density at radius 3 is 2.46 bits per heavy atom. The zero-order valence-corrected chi connectivity index (χ0v) is 16.7. The number of piperazine rings is 1. The van der Waals surface area contributed by atoms with Gasteiger partial charge < -0.3 is 4.90 Å². The van der Waals surface area contributed by atoms with Gasteiger partial charge in [-0.1, -0.05) is 0 Å². The highest BCUT2D eigenvalue weighted by Gasteiger charge is 2.43. The highest BCUT2D eigenvalue weighted by Crippen LogP contribution is 2.37. The largest absolute Gasteiger partial charge is 0.329 e. The lowest BCUT2D eigenvalue weighted by atomic mass is 10.0. The number of amides is 1. The third kappa shape index (κ3) is 2.70. The monoisotopic (exact) mass is 396 g/mol. The fourth-order valence-electron chi connectivity index (χ4n) is 4.07. The first-order chi connectivity index (χ1) is 13.2. The Hall–Kier alpha value is -2.76. The maximum absolute atomic E-state index is 13.3. The van der Waals surface area contributed by atoms with Crippen molar-refractivity contribution >= 4 is 15.9 Å². The number of rotatable bonds is 2. The molecule has 3 heterocycles. The summed E-state index contributed by atoms with van der Waals surface area (Å²) < 4.78 is 28.0. The van der Waals surface area contributed by atoms with E-state index in [0.717, 1.165) is 11.3 Å². The van der Waals surface area contributed by atoms with Gasteiger partial charge in [-0.2, -0.15) is 9.57 Å². The molecule has 0 spiro atoms. The smallest absolute Gasteiger partial charge is 0.256 e. The molecule has 2 aliphatic rings. The molecule has 8 heteroatoms. The van der Waals surface area contributed by atoms with Crippen LogP contribution in [0.4, 0.5) is 0 Å². The van der Waals surface area contributed by atoms with Gasteiger partial charge >= 0.3 is 0 Å². The molecule has 7 nitrogen and oxygen atoms in total. The number of carbonyl (C=O) groups is 1. The molecule has 0 saturated carbocycles. The molecule has 1 atom stereocenters. The molecule has 1 saturated heterocycles. The fourth-order valence-corrected chi connectivity index (χ4v) is 5.68. The van der Waals surface area contributed by atoms with E-state index in [-0.39, 0.29) is 29.9 Å². The molecule has 0 N–H and O–H groups in total. The van der Waals surface area contributed by atoms with Crippen LogP contribution in [0.15, 0.2) is 29.3 Å². The fraction of sp³-hybridized carbons (Fsp3) is 0.350. The van der Waals surface area contributed by atoms with Crippen molar-refractivity contribution in [2.45, 2.75) is 31.7 Å². The molecule has 1 fully saturated rings. The normalized spacial score (nSPS) is 19.3. The molecule has 0 radical (unpaired) electrons. The second-order valence-corrected chi connectivity index (χ2v) is 9.27. The highest BCUT2D eigenvalue weighted by molar-refractivity contribution is 7.89. The standard InChI is InChI=1S/C20H20N4O3S/c1-12-6-15(7-13(2)17(12)9-21)28(26,27)23-4-5-24-19(11-23)16-8-14(3)22-10-18(16)20(24)25/h6-8,10,19H,4-5,11H2,1-3H3. The first-order valence-electron chi connectivity index (χ1n) is 9.03. The maximum Gasteiger partial charge on any atom is 0.256 e. The van der Waals surface area contributed by atoms with Gasteiger partial charge in [0.2, 0.25) is 10.0 Å². The number of carbonyl (C=O) groups excluding carboxylic acids is 1. The van der Waals surface area contributed by atoms with Crippen molar-refractivity contribution in [3.63, 3.8) is 0 Å². The molecule has 4 rings (SSSR count). The van der Waals surface area contributed by atoms with Crippen molar-refractivity contribution in [2.24, 2.45) is 0 Å². The van der Waals surface area contributed by atoms with Crippen molar-refractivity contribution in [1.82, 2.24) is 14.2 Å². The summed E-state index contributed by atoms with van der Waals surface area (Å²) in [7, 11) is -3.73. The van der Waals surface area contributed by atoms with E-state index in [9.17, 15) is 18.5 Å². The van der Waals surface area contributed by atoms with Crippen LogP contribution in [0, 0.1) is 32.1 Å². The Kier molecular flexibility index (Phi) is 4.25. The van der Waals surface area contributed by atoms with Crippen molar-refractivity contribution < 1.29 is 13.2 Å². The van der Waals surface area contributed by atoms with Crippen LogP contribution in [-0.4, -0.2) is 48.1 Å². The van der Waals surface area contributed by atoms with Crippen molar-refractivity contribution in [3.8, 4) is 6.07 Å². The Bertz CT molecular complexity index is 1130. The molecule has 1 unspecified atom stereocenters. The number of aryl methyl sites for hydroxylation is 3. The van der Waals surface area contributed by atoms with E-state index in [1.54, 1.807) is 37.1 Å². The minimum absolute atomic E-state index is 0.0883. The molecule has 0 bridgehead atoms. The number of benzene rings is 1. The number of hydrogen-bond acceptors (Lipinski definition) is 5. The van der Waals surface area contributed by atoms with Gasteiger partial charge in [0.05, 0.1) is 28.1 Å². The number of sulfonamides is 1. The number of nitrogens with zero attached hydrogens (tertiary/aromatic N) is 4. The van der Waals surface area contributed by atoms with E-state index >= 15 is 0 Å². The van der Waals surface area contributed by atoms with Gasteiger partial charge in [-0.3, -0.25) is 9.78 Å².